The molecule has 0 amide bonds. The van der Waals surface area contributed by atoms with E-state index in [4.69, 9.17) is 4.74 Å². The summed E-state index contributed by atoms with van der Waals surface area (Å²) in [6, 6.07) is 10.3. The lowest BCUT2D eigenvalue weighted by molar-refractivity contribution is 0.401. The van der Waals surface area contributed by atoms with Gasteiger partial charge in [0.25, 0.3) is 10.0 Å². The number of nitrogens with zero attached hydrogens (tertiary/aromatic N) is 2. The molecule has 3 rings (SSSR count). The van der Waals surface area contributed by atoms with Crippen molar-refractivity contribution in [1.82, 2.24) is 9.78 Å². The largest absolute Gasteiger partial charge is 0.495 e. The van der Waals surface area contributed by atoms with Gasteiger partial charge in [-0.2, -0.15) is 5.10 Å². The first-order valence-corrected chi connectivity index (χ1v) is 8.95. The highest BCUT2D eigenvalue weighted by Crippen LogP contribution is 2.28. The number of rotatable bonds is 5. The van der Waals surface area contributed by atoms with Crippen molar-refractivity contribution in [2.24, 2.45) is 7.05 Å². The summed E-state index contributed by atoms with van der Waals surface area (Å²) in [4.78, 5) is -0.329. The van der Waals surface area contributed by atoms with E-state index in [0.717, 1.165) is 12.1 Å². The minimum absolute atomic E-state index is 0.0137. The van der Waals surface area contributed by atoms with E-state index in [2.05, 4.69) is 9.82 Å². The Balaban J connectivity index is 1.96. The Morgan fingerprint density at radius 3 is 2.35 bits per heavy atom. The van der Waals surface area contributed by atoms with Gasteiger partial charge in [0.05, 0.1) is 12.8 Å². The summed E-state index contributed by atoms with van der Waals surface area (Å²) in [5.74, 6) is -0.914. The molecule has 0 aliphatic carbocycles. The van der Waals surface area contributed by atoms with Crippen molar-refractivity contribution in [1.29, 1.82) is 0 Å². The van der Waals surface area contributed by atoms with Crippen molar-refractivity contribution in [2.75, 3.05) is 11.8 Å². The monoisotopic (exact) mass is 379 g/mol. The van der Waals surface area contributed by atoms with Crippen LogP contribution in [-0.2, 0) is 17.1 Å². The molecule has 0 saturated heterocycles. The zero-order chi connectivity index (χ0) is 18.9. The molecule has 0 aliphatic rings. The van der Waals surface area contributed by atoms with Gasteiger partial charge < -0.3 is 4.74 Å². The summed E-state index contributed by atoms with van der Waals surface area (Å²) >= 11 is 0. The SMILES string of the molecule is COc1ccc(F)cc1S(=O)(=O)Nc1cc(-c2ccc(F)cc2)nn1C. The molecule has 1 N–H and O–H groups in total. The third kappa shape index (κ3) is 3.52. The molecule has 0 atom stereocenters. The maximum atomic E-state index is 13.5. The number of hydrogen-bond acceptors (Lipinski definition) is 4. The molecule has 0 radical (unpaired) electrons. The molecular weight excluding hydrogens is 364 g/mol. The normalized spacial score (nSPS) is 11.4. The number of sulfonamides is 1. The van der Waals surface area contributed by atoms with Crippen LogP contribution in [0.4, 0.5) is 14.6 Å². The second-order valence-electron chi connectivity index (χ2n) is 5.45. The van der Waals surface area contributed by atoms with E-state index in [1.807, 2.05) is 0 Å². The number of halogens is 2. The van der Waals surface area contributed by atoms with Gasteiger partial charge in [0.1, 0.15) is 28.1 Å². The van der Waals surface area contributed by atoms with Crippen LogP contribution in [0.3, 0.4) is 0 Å². The lowest BCUT2D eigenvalue weighted by Crippen LogP contribution is -2.16. The average Bonchev–Trinajstić information content (AvgIpc) is 2.95. The third-order valence-corrected chi connectivity index (χ3v) is 5.05. The maximum Gasteiger partial charge on any atom is 0.266 e. The van der Waals surface area contributed by atoms with Crippen molar-refractivity contribution in [2.45, 2.75) is 4.90 Å². The Morgan fingerprint density at radius 1 is 1.04 bits per heavy atom. The second-order valence-corrected chi connectivity index (χ2v) is 7.10. The van der Waals surface area contributed by atoms with E-state index in [0.29, 0.717) is 11.3 Å². The Hall–Kier alpha value is -2.94. The molecule has 136 valence electrons. The number of nitrogens with one attached hydrogen (secondary N) is 1. The third-order valence-electron chi connectivity index (χ3n) is 3.67. The van der Waals surface area contributed by atoms with E-state index in [-0.39, 0.29) is 22.3 Å². The van der Waals surface area contributed by atoms with Gasteiger partial charge in [0.2, 0.25) is 0 Å². The fourth-order valence-corrected chi connectivity index (χ4v) is 3.64. The van der Waals surface area contributed by atoms with Gasteiger partial charge in [-0.15, -0.1) is 0 Å². The van der Waals surface area contributed by atoms with Gasteiger partial charge >= 0.3 is 0 Å². The van der Waals surface area contributed by atoms with E-state index in [1.54, 1.807) is 7.05 Å². The zero-order valence-electron chi connectivity index (χ0n) is 13.9. The van der Waals surface area contributed by atoms with Crippen LogP contribution in [0.15, 0.2) is 53.4 Å². The quantitative estimate of drug-likeness (QED) is 0.739. The number of hydrogen-bond donors (Lipinski definition) is 1. The van der Waals surface area contributed by atoms with Crippen LogP contribution in [0.25, 0.3) is 11.3 Å². The van der Waals surface area contributed by atoms with Gasteiger partial charge in [0, 0.05) is 18.7 Å². The fourth-order valence-electron chi connectivity index (χ4n) is 2.38. The predicted octanol–water partition coefficient (Wildman–Crippen LogP) is 3.17. The Morgan fingerprint density at radius 2 is 1.69 bits per heavy atom. The van der Waals surface area contributed by atoms with E-state index >= 15 is 0 Å². The van der Waals surface area contributed by atoms with E-state index in [9.17, 15) is 17.2 Å². The number of aromatic nitrogens is 2. The lowest BCUT2D eigenvalue weighted by atomic mass is 10.1. The second kappa shape index (κ2) is 6.75. The van der Waals surface area contributed by atoms with Crippen LogP contribution in [0.2, 0.25) is 0 Å². The molecule has 0 saturated carbocycles. The number of anilines is 1. The number of ether oxygens (including phenoxy) is 1. The zero-order valence-corrected chi connectivity index (χ0v) is 14.7. The summed E-state index contributed by atoms with van der Waals surface area (Å²) in [5, 5.41) is 4.21. The molecule has 0 fully saturated rings. The number of benzene rings is 2. The van der Waals surface area contributed by atoms with Crippen molar-refractivity contribution in [3.8, 4) is 17.0 Å². The molecule has 2 aromatic carbocycles. The van der Waals surface area contributed by atoms with Crippen LogP contribution >= 0.6 is 0 Å². The molecule has 0 aliphatic heterocycles. The first kappa shape index (κ1) is 17.9. The minimum Gasteiger partial charge on any atom is -0.495 e. The van der Waals surface area contributed by atoms with Gasteiger partial charge in [-0.25, -0.2) is 17.2 Å². The van der Waals surface area contributed by atoms with E-state index < -0.39 is 15.8 Å². The van der Waals surface area contributed by atoms with E-state index in [1.165, 1.54) is 48.2 Å². The van der Waals surface area contributed by atoms with Crippen molar-refractivity contribution in [3.05, 3.63) is 60.2 Å². The molecule has 0 spiro atoms. The highest BCUT2D eigenvalue weighted by Gasteiger charge is 2.22. The molecule has 26 heavy (non-hydrogen) atoms. The maximum absolute atomic E-state index is 13.5. The molecule has 1 aromatic heterocycles. The topological polar surface area (TPSA) is 73.2 Å². The summed E-state index contributed by atoms with van der Waals surface area (Å²) < 4.78 is 60.5. The van der Waals surface area contributed by atoms with Crippen LogP contribution in [0, 0.1) is 11.6 Å². The number of methoxy groups -OCH3 is 1. The fraction of sp³-hybridized carbons (Fsp3) is 0.118. The highest BCUT2D eigenvalue weighted by molar-refractivity contribution is 7.92. The van der Waals surface area contributed by atoms with Gasteiger partial charge in [-0.05, 0) is 42.5 Å². The van der Waals surface area contributed by atoms with Gasteiger partial charge in [-0.1, -0.05) is 0 Å². The molecule has 3 aromatic rings. The Bertz CT molecular complexity index is 1050. The van der Waals surface area contributed by atoms with Crippen molar-refractivity contribution < 1.29 is 21.9 Å². The number of aryl methyl sites for hydroxylation is 1. The first-order chi connectivity index (χ1) is 12.3. The van der Waals surface area contributed by atoms with Crippen LogP contribution in [0.5, 0.6) is 5.75 Å². The first-order valence-electron chi connectivity index (χ1n) is 7.46. The molecule has 9 heteroatoms. The van der Waals surface area contributed by atoms with Crippen LogP contribution in [0.1, 0.15) is 0 Å². The van der Waals surface area contributed by atoms with Gasteiger partial charge in [0.15, 0.2) is 0 Å². The van der Waals surface area contributed by atoms with Crippen molar-refractivity contribution in [3.63, 3.8) is 0 Å². The van der Waals surface area contributed by atoms with Crippen LogP contribution < -0.4 is 9.46 Å². The summed E-state index contributed by atoms with van der Waals surface area (Å²) in [7, 11) is -1.27. The van der Waals surface area contributed by atoms with Crippen LogP contribution in [-0.4, -0.2) is 25.3 Å². The summed E-state index contributed by atoms with van der Waals surface area (Å²) in [6.45, 7) is 0. The van der Waals surface area contributed by atoms with Crippen molar-refractivity contribution >= 4 is 15.8 Å². The molecule has 0 unspecified atom stereocenters. The minimum atomic E-state index is -4.11. The Kier molecular flexibility index (Phi) is 4.64. The van der Waals surface area contributed by atoms with Gasteiger partial charge in [-0.3, -0.25) is 9.40 Å². The molecule has 0 bridgehead atoms. The molecule has 6 nitrogen and oxygen atoms in total. The predicted molar refractivity (Wildman–Crippen MR) is 92.4 cm³/mol. The average molecular weight is 379 g/mol. The molecular formula is C17H15F2N3O3S. The molecule has 1 heterocycles. The Labute approximate surface area is 149 Å². The summed E-state index contributed by atoms with van der Waals surface area (Å²) in [5.41, 5.74) is 1.08. The standard InChI is InChI=1S/C17H15F2N3O3S/c1-22-17(10-14(20-22)11-3-5-12(18)6-4-11)21-26(23,24)16-9-13(19)7-8-15(16)25-2/h3-10,21H,1-2H3. The lowest BCUT2D eigenvalue weighted by Gasteiger charge is -2.11. The highest BCUT2D eigenvalue weighted by atomic mass is 32.2. The smallest absolute Gasteiger partial charge is 0.266 e. The summed E-state index contributed by atoms with van der Waals surface area (Å²) in [6.07, 6.45) is 0.